The minimum absolute atomic E-state index is 0.0603. The van der Waals surface area contributed by atoms with Crippen LogP contribution >= 0.6 is 0 Å². The van der Waals surface area contributed by atoms with Crippen molar-refractivity contribution in [1.82, 2.24) is 20.6 Å². The van der Waals surface area contributed by atoms with Gasteiger partial charge < -0.3 is 15.6 Å². The molecule has 0 aromatic carbocycles. The Morgan fingerprint density at radius 2 is 2.53 bits per heavy atom. The fourth-order valence-electron chi connectivity index (χ4n) is 1.75. The monoisotopic (exact) mass is 208 g/mol. The second kappa shape index (κ2) is 4.44. The quantitative estimate of drug-likeness (QED) is 0.659. The number of hydrogen-bond donors (Lipinski definition) is 3. The smallest absolute Gasteiger partial charge is 0.237 e. The third-order valence-electron chi connectivity index (χ3n) is 2.74. The van der Waals surface area contributed by atoms with Gasteiger partial charge in [0.1, 0.15) is 0 Å². The highest BCUT2D eigenvalue weighted by molar-refractivity contribution is 5.82. The van der Waals surface area contributed by atoms with E-state index in [0.29, 0.717) is 6.54 Å². The van der Waals surface area contributed by atoms with Crippen molar-refractivity contribution in [3.05, 3.63) is 17.7 Å². The first-order chi connectivity index (χ1) is 7.27. The van der Waals surface area contributed by atoms with Gasteiger partial charge in [-0.2, -0.15) is 0 Å². The zero-order chi connectivity index (χ0) is 10.7. The summed E-state index contributed by atoms with van der Waals surface area (Å²) in [5.74, 6) is 0.106. The Balaban J connectivity index is 1.87. The highest BCUT2D eigenvalue weighted by atomic mass is 16.2. The van der Waals surface area contributed by atoms with Crippen LogP contribution in [0.1, 0.15) is 24.2 Å². The number of piperidine rings is 1. The second-order valence-corrected chi connectivity index (χ2v) is 3.84. The van der Waals surface area contributed by atoms with Crippen LogP contribution in [-0.2, 0) is 11.3 Å². The molecule has 3 N–H and O–H groups in total. The molecule has 1 unspecified atom stereocenters. The van der Waals surface area contributed by atoms with Crippen LogP contribution in [0.2, 0.25) is 0 Å². The van der Waals surface area contributed by atoms with Gasteiger partial charge in [0.05, 0.1) is 18.1 Å². The fourth-order valence-corrected chi connectivity index (χ4v) is 1.75. The Kier molecular flexibility index (Phi) is 3.01. The standard InChI is InChI=1S/C10H16N4O/c1-7-9(14-6-13-7)5-12-8-3-2-4-11-10(8)15/h6,8,12H,2-5H2,1H3,(H,11,15)(H,13,14). The lowest BCUT2D eigenvalue weighted by Crippen LogP contribution is -2.48. The van der Waals surface area contributed by atoms with Crippen LogP contribution in [-0.4, -0.2) is 28.5 Å². The zero-order valence-corrected chi connectivity index (χ0v) is 8.84. The Bertz CT molecular complexity index is 347. The third-order valence-corrected chi connectivity index (χ3v) is 2.74. The Hall–Kier alpha value is -1.36. The molecule has 1 aliphatic rings. The zero-order valence-electron chi connectivity index (χ0n) is 8.84. The molecule has 82 valence electrons. The SMILES string of the molecule is Cc1[nH]cnc1CNC1CCCNC1=O. The molecule has 1 aliphatic heterocycles. The number of nitrogens with zero attached hydrogens (tertiary/aromatic N) is 1. The number of imidazole rings is 1. The predicted molar refractivity (Wildman–Crippen MR) is 56.2 cm³/mol. The number of rotatable bonds is 3. The number of aromatic amines is 1. The summed E-state index contributed by atoms with van der Waals surface area (Å²) in [5.41, 5.74) is 2.03. The van der Waals surface area contributed by atoms with Gasteiger partial charge in [-0.3, -0.25) is 4.79 Å². The predicted octanol–water partition coefficient (Wildman–Crippen LogP) is 0.0863. The number of amides is 1. The van der Waals surface area contributed by atoms with Gasteiger partial charge in [0, 0.05) is 18.8 Å². The van der Waals surface area contributed by atoms with E-state index in [2.05, 4.69) is 20.6 Å². The van der Waals surface area contributed by atoms with Gasteiger partial charge in [-0.25, -0.2) is 4.98 Å². The normalized spacial score (nSPS) is 21.4. The van der Waals surface area contributed by atoms with Gasteiger partial charge in [-0.1, -0.05) is 0 Å². The van der Waals surface area contributed by atoms with Crippen LogP contribution in [0.4, 0.5) is 0 Å². The van der Waals surface area contributed by atoms with Crippen LogP contribution in [0.5, 0.6) is 0 Å². The summed E-state index contributed by atoms with van der Waals surface area (Å²) in [5, 5.41) is 6.07. The minimum Gasteiger partial charge on any atom is -0.355 e. The van der Waals surface area contributed by atoms with Crippen molar-refractivity contribution in [2.75, 3.05) is 6.54 Å². The average molecular weight is 208 g/mol. The highest BCUT2D eigenvalue weighted by Gasteiger charge is 2.21. The van der Waals surface area contributed by atoms with Gasteiger partial charge in [-0.15, -0.1) is 0 Å². The molecule has 0 radical (unpaired) electrons. The largest absolute Gasteiger partial charge is 0.355 e. The number of carbonyl (C=O) groups is 1. The highest BCUT2D eigenvalue weighted by Crippen LogP contribution is 2.05. The maximum Gasteiger partial charge on any atom is 0.237 e. The molecule has 0 spiro atoms. The maximum absolute atomic E-state index is 11.4. The van der Waals surface area contributed by atoms with Crippen molar-refractivity contribution in [2.24, 2.45) is 0 Å². The molecular formula is C10H16N4O. The van der Waals surface area contributed by atoms with Gasteiger partial charge in [0.15, 0.2) is 0 Å². The molecule has 5 nitrogen and oxygen atoms in total. The van der Waals surface area contributed by atoms with E-state index in [4.69, 9.17) is 0 Å². The minimum atomic E-state index is -0.0603. The third kappa shape index (κ3) is 2.36. The number of aryl methyl sites for hydroxylation is 1. The average Bonchev–Trinajstić information content (AvgIpc) is 2.63. The van der Waals surface area contributed by atoms with Crippen LogP contribution in [0.15, 0.2) is 6.33 Å². The van der Waals surface area contributed by atoms with Gasteiger partial charge in [-0.05, 0) is 19.8 Å². The van der Waals surface area contributed by atoms with E-state index in [9.17, 15) is 4.79 Å². The number of aromatic nitrogens is 2. The summed E-state index contributed by atoms with van der Waals surface area (Å²) < 4.78 is 0. The summed E-state index contributed by atoms with van der Waals surface area (Å²) in [6.45, 7) is 3.43. The molecule has 5 heteroatoms. The first-order valence-corrected chi connectivity index (χ1v) is 5.27. The van der Waals surface area contributed by atoms with Crippen molar-refractivity contribution in [2.45, 2.75) is 32.4 Å². The summed E-state index contributed by atoms with van der Waals surface area (Å²) in [4.78, 5) is 18.6. The van der Waals surface area contributed by atoms with Crippen LogP contribution in [0, 0.1) is 6.92 Å². The molecule has 1 saturated heterocycles. The van der Waals surface area contributed by atoms with Gasteiger partial charge >= 0.3 is 0 Å². The van der Waals surface area contributed by atoms with E-state index < -0.39 is 0 Å². The summed E-state index contributed by atoms with van der Waals surface area (Å²) in [6, 6.07) is -0.0603. The van der Waals surface area contributed by atoms with E-state index in [0.717, 1.165) is 30.8 Å². The van der Waals surface area contributed by atoms with Crippen LogP contribution in [0.3, 0.4) is 0 Å². The van der Waals surface area contributed by atoms with E-state index in [-0.39, 0.29) is 11.9 Å². The molecule has 1 aromatic rings. The first-order valence-electron chi connectivity index (χ1n) is 5.27. The molecular weight excluding hydrogens is 192 g/mol. The van der Waals surface area contributed by atoms with Crippen molar-refractivity contribution in [3.8, 4) is 0 Å². The van der Waals surface area contributed by atoms with Crippen molar-refractivity contribution in [1.29, 1.82) is 0 Å². The Morgan fingerprint density at radius 3 is 3.20 bits per heavy atom. The number of carbonyl (C=O) groups excluding carboxylic acids is 1. The summed E-state index contributed by atoms with van der Waals surface area (Å²) in [6.07, 6.45) is 3.63. The number of H-pyrrole nitrogens is 1. The molecule has 1 aromatic heterocycles. The Morgan fingerprint density at radius 1 is 1.67 bits per heavy atom. The van der Waals surface area contributed by atoms with E-state index in [1.165, 1.54) is 0 Å². The van der Waals surface area contributed by atoms with Crippen LogP contribution in [0.25, 0.3) is 0 Å². The maximum atomic E-state index is 11.4. The van der Waals surface area contributed by atoms with E-state index in [1.54, 1.807) is 6.33 Å². The Labute approximate surface area is 88.7 Å². The molecule has 0 aliphatic carbocycles. The molecule has 0 bridgehead atoms. The molecule has 1 atom stereocenters. The summed E-state index contributed by atoms with van der Waals surface area (Å²) >= 11 is 0. The number of nitrogens with one attached hydrogen (secondary N) is 3. The van der Waals surface area contributed by atoms with Crippen molar-refractivity contribution < 1.29 is 4.79 Å². The first kappa shape index (κ1) is 10.2. The van der Waals surface area contributed by atoms with Crippen LogP contribution < -0.4 is 10.6 Å². The van der Waals surface area contributed by atoms with Gasteiger partial charge in [0.25, 0.3) is 0 Å². The summed E-state index contributed by atoms with van der Waals surface area (Å²) in [7, 11) is 0. The van der Waals surface area contributed by atoms with Gasteiger partial charge in [0.2, 0.25) is 5.91 Å². The lowest BCUT2D eigenvalue weighted by atomic mass is 10.1. The number of hydrogen-bond acceptors (Lipinski definition) is 3. The molecule has 0 saturated carbocycles. The molecule has 2 heterocycles. The van der Waals surface area contributed by atoms with E-state index >= 15 is 0 Å². The van der Waals surface area contributed by atoms with Crippen molar-refractivity contribution in [3.63, 3.8) is 0 Å². The molecule has 1 amide bonds. The van der Waals surface area contributed by atoms with Crippen molar-refractivity contribution >= 4 is 5.91 Å². The lowest BCUT2D eigenvalue weighted by Gasteiger charge is -2.22. The second-order valence-electron chi connectivity index (χ2n) is 3.84. The lowest BCUT2D eigenvalue weighted by molar-refractivity contribution is -0.124. The topological polar surface area (TPSA) is 69.8 Å². The fraction of sp³-hybridized carbons (Fsp3) is 0.600. The van der Waals surface area contributed by atoms with E-state index in [1.807, 2.05) is 6.92 Å². The molecule has 15 heavy (non-hydrogen) atoms. The molecule has 1 fully saturated rings. The molecule has 2 rings (SSSR count).